The summed E-state index contributed by atoms with van der Waals surface area (Å²) < 4.78 is 0. The zero-order valence-electron chi connectivity index (χ0n) is 11.3. The first kappa shape index (κ1) is 11.1. The molecule has 0 aromatic carbocycles. The van der Waals surface area contributed by atoms with E-state index in [0.29, 0.717) is 5.41 Å². The molecule has 0 N–H and O–H groups in total. The van der Waals surface area contributed by atoms with Crippen molar-refractivity contribution in [2.24, 2.45) is 35.0 Å². The van der Waals surface area contributed by atoms with Crippen LogP contribution in [0.2, 0.25) is 0 Å². The molecule has 0 nitrogen and oxygen atoms in total. The summed E-state index contributed by atoms with van der Waals surface area (Å²) in [4.78, 5) is 0. The Kier molecular flexibility index (Phi) is 2.60. The second kappa shape index (κ2) is 3.75. The summed E-state index contributed by atoms with van der Waals surface area (Å²) in [6.07, 6.45) is 10.7. The summed E-state index contributed by atoms with van der Waals surface area (Å²) in [6, 6.07) is 0. The van der Waals surface area contributed by atoms with Crippen LogP contribution >= 0.6 is 0 Å². The van der Waals surface area contributed by atoms with Crippen molar-refractivity contribution in [1.29, 1.82) is 0 Å². The highest BCUT2D eigenvalue weighted by atomic mass is 14.6. The Bertz CT molecular complexity index is 265. The largest absolute Gasteiger partial charge is 0.0625 e. The first-order valence-electron chi connectivity index (χ1n) is 7.60. The van der Waals surface area contributed by atoms with E-state index in [-0.39, 0.29) is 0 Å². The Balaban J connectivity index is 1.89. The fourth-order valence-corrected chi connectivity index (χ4v) is 5.64. The number of fused-ring (bicyclic) bond motifs is 3. The topological polar surface area (TPSA) is 0 Å². The summed E-state index contributed by atoms with van der Waals surface area (Å²) in [5, 5.41) is 0. The molecule has 3 aliphatic rings. The number of rotatable bonds is 0. The summed E-state index contributed by atoms with van der Waals surface area (Å²) in [5.74, 6) is 5.35. The molecular weight excluding hydrogens is 192 g/mol. The van der Waals surface area contributed by atoms with Crippen molar-refractivity contribution >= 4 is 0 Å². The van der Waals surface area contributed by atoms with Crippen LogP contribution in [0, 0.1) is 35.0 Å². The molecule has 0 heteroatoms. The molecule has 5 atom stereocenters. The smallest absolute Gasteiger partial charge is 0.0292 e. The second-order valence-corrected chi connectivity index (χ2v) is 7.56. The molecule has 0 saturated heterocycles. The second-order valence-electron chi connectivity index (χ2n) is 7.56. The Morgan fingerprint density at radius 2 is 1.50 bits per heavy atom. The van der Waals surface area contributed by atoms with E-state index in [2.05, 4.69) is 20.8 Å². The minimum absolute atomic E-state index is 0.657. The third-order valence-corrected chi connectivity index (χ3v) is 6.45. The standard InChI is InChI=1S/C16H28/c1-11-8-9-13-12-6-4-5-7-14(12)16(2,3)15(13)10-11/h11-15H,4-10H2,1-3H3/t11?,12?,13?,14?,15-/m0/s1. The minimum atomic E-state index is 0.657. The maximum Gasteiger partial charge on any atom is -0.0292 e. The first-order chi connectivity index (χ1) is 7.60. The lowest BCUT2D eigenvalue weighted by Crippen LogP contribution is -2.31. The van der Waals surface area contributed by atoms with E-state index in [9.17, 15) is 0 Å². The highest BCUT2D eigenvalue weighted by Crippen LogP contribution is 2.63. The predicted octanol–water partition coefficient (Wildman–Crippen LogP) is 4.89. The van der Waals surface area contributed by atoms with Gasteiger partial charge >= 0.3 is 0 Å². The van der Waals surface area contributed by atoms with Gasteiger partial charge < -0.3 is 0 Å². The molecule has 0 amide bonds. The molecule has 0 heterocycles. The number of hydrogen-bond acceptors (Lipinski definition) is 0. The average molecular weight is 220 g/mol. The Labute approximate surface area is 101 Å². The zero-order valence-corrected chi connectivity index (χ0v) is 11.3. The highest BCUT2D eigenvalue weighted by molar-refractivity contribution is 5.04. The first-order valence-corrected chi connectivity index (χ1v) is 7.60. The maximum atomic E-state index is 2.60. The SMILES string of the molecule is CC1CCC2C3CCCCC3C(C)(C)[C@H]2C1. The van der Waals surface area contributed by atoms with Gasteiger partial charge in [-0.25, -0.2) is 0 Å². The van der Waals surface area contributed by atoms with Crippen molar-refractivity contribution in [3.8, 4) is 0 Å². The van der Waals surface area contributed by atoms with E-state index in [1.165, 1.54) is 25.7 Å². The molecule has 0 aliphatic heterocycles. The Morgan fingerprint density at radius 3 is 2.31 bits per heavy atom. The van der Waals surface area contributed by atoms with Crippen LogP contribution in [-0.2, 0) is 0 Å². The van der Waals surface area contributed by atoms with E-state index in [0.717, 1.165) is 29.6 Å². The lowest BCUT2D eigenvalue weighted by molar-refractivity contribution is 0.106. The summed E-state index contributed by atoms with van der Waals surface area (Å²) >= 11 is 0. The van der Waals surface area contributed by atoms with Gasteiger partial charge in [-0.05, 0) is 60.7 Å². The molecule has 3 rings (SSSR count). The fraction of sp³-hybridized carbons (Fsp3) is 1.00. The molecule has 0 spiro atoms. The fourth-order valence-electron chi connectivity index (χ4n) is 5.64. The van der Waals surface area contributed by atoms with Gasteiger partial charge in [-0.3, -0.25) is 0 Å². The lowest BCUT2D eigenvalue weighted by atomic mass is 9.66. The van der Waals surface area contributed by atoms with E-state index in [1.54, 1.807) is 19.3 Å². The third-order valence-electron chi connectivity index (χ3n) is 6.45. The molecule has 0 aromatic heterocycles. The molecule has 4 unspecified atom stereocenters. The van der Waals surface area contributed by atoms with Gasteiger partial charge in [0.1, 0.15) is 0 Å². The Hall–Kier alpha value is 0. The van der Waals surface area contributed by atoms with Crippen LogP contribution < -0.4 is 0 Å². The van der Waals surface area contributed by atoms with E-state index >= 15 is 0 Å². The van der Waals surface area contributed by atoms with Crippen LogP contribution in [0.25, 0.3) is 0 Å². The zero-order chi connectivity index (χ0) is 11.3. The monoisotopic (exact) mass is 220 g/mol. The summed E-state index contributed by atoms with van der Waals surface area (Å²) in [5.41, 5.74) is 0.657. The molecule has 3 fully saturated rings. The van der Waals surface area contributed by atoms with E-state index in [1.807, 2.05) is 0 Å². The van der Waals surface area contributed by atoms with E-state index in [4.69, 9.17) is 0 Å². The highest BCUT2D eigenvalue weighted by Gasteiger charge is 2.55. The van der Waals surface area contributed by atoms with Gasteiger partial charge in [-0.15, -0.1) is 0 Å². The van der Waals surface area contributed by atoms with Crippen LogP contribution in [0.15, 0.2) is 0 Å². The van der Waals surface area contributed by atoms with Gasteiger partial charge in [0, 0.05) is 0 Å². The summed E-state index contributed by atoms with van der Waals surface area (Å²) in [6.45, 7) is 7.67. The molecule has 3 aliphatic carbocycles. The van der Waals surface area contributed by atoms with Crippen LogP contribution in [0.5, 0.6) is 0 Å². The van der Waals surface area contributed by atoms with Crippen molar-refractivity contribution in [3.05, 3.63) is 0 Å². The lowest BCUT2D eigenvalue weighted by Gasteiger charge is -2.39. The van der Waals surface area contributed by atoms with Gasteiger partial charge in [-0.2, -0.15) is 0 Å². The molecule has 0 aromatic rings. The molecule has 92 valence electrons. The Morgan fingerprint density at radius 1 is 0.812 bits per heavy atom. The molecule has 0 bridgehead atoms. The quantitative estimate of drug-likeness (QED) is 0.545. The van der Waals surface area contributed by atoms with Crippen molar-refractivity contribution in [3.63, 3.8) is 0 Å². The summed E-state index contributed by atoms with van der Waals surface area (Å²) in [7, 11) is 0. The molecular formula is C16H28. The molecule has 16 heavy (non-hydrogen) atoms. The normalized spacial score (nSPS) is 50.8. The third kappa shape index (κ3) is 1.48. The van der Waals surface area contributed by atoms with Crippen molar-refractivity contribution in [1.82, 2.24) is 0 Å². The van der Waals surface area contributed by atoms with Crippen LogP contribution in [0.1, 0.15) is 65.7 Å². The van der Waals surface area contributed by atoms with Crippen molar-refractivity contribution in [2.75, 3.05) is 0 Å². The van der Waals surface area contributed by atoms with Crippen LogP contribution in [0.3, 0.4) is 0 Å². The van der Waals surface area contributed by atoms with Crippen LogP contribution in [-0.4, -0.2) is 0 Å². The molecule has 0 radical (unpaired) electrons. The van der Waals surface area contributed by atoms with Gasteiger partial charge in [0.05, 0.1) is 0 Å². The maximum absolute atomic E-state index is 2.60. The van der Waals surface area contributed by atoms with Crippen LogP contribution in [0.4, 0.5) is 0 Å². The van der Waals surface area contributed by atoms with Crippen molar-refractivity contribution < 1.29 is 0 Å². The van der Waals surface area contributed by atoms with Gasteiger partial charge in [0.2, 0.25) is 0 Å². The van der Waals surface area contributed by atoms with Gasteiger partial charge in [0.15, 0.2) is 0 Å². The average Bonchev–Trinajstić information content (AvgIpc) is 2.49. The van der Waals surface area contributed by atoms with E-state index < -0.39 is 0 Å². The van der Waals surface area contributed by atoms with Crippen molar-refractivity contribution in [2.45, 2.75) is 65.7 Å². The predicted molar refractivity (Wildman–Crippen MR) is 69.2 cm³/mol. The number of hydrogen-bond donors (Lipinski definition) is 0. The van der Waals surface area contributed by atoms with Gasteiger partial charge in [-0.1, -0.05) is 40.0 Å². The minimum Gasteiger partial charge on any atom is -0.0625 e. The van der Waals surface area contributed by atoms with Gasteiger partial charge in [0.25, 0.3) is 0 Å². The molecule has 3 saturated carbocycles.